The number of ether oxygens (including phenoxy) is 3. The third-order valence-electron chi connectivity index (χ3n) is 5.63. The van der Waals surface area contributed by atoms with E-state index in [0.29, 0.717) is 37.1 Å². The second-order valence-electron chi connectivity index (χ2n) is 7.78. The molecule has 1 aromatic heterocycles. The van der Waals surface area contributed by atoms with Gasteiger partial charge in [0.25, 0.3) is 0 Å². The standard InChI is InChI=1S/C26H26N2O5/c1-31-23-9-4-3-6-17(23)11-13-24(29)28-16-20-14-18-7-5-8-21(25(18)33-20)22-12-10-19(15-27-22)26(30)32-2/h3-10,12,15,20H,11,13-14,16H2,1-2H3,(H,28,29). The maximum absolute atomic E-state index is 12.4. The van der Waals surface area contributed by atoms with E-state index in [1.165, 1.54) is 13.3 Å². The molecule has 1 aliphatic heterocycles. The highest BCUT2D eigenvalue weighted by Gasteiger charge is 2.26. The van der Waals surface area contributed by atoms with Crippen LogP contribution in [0.5, 0.6) is 11.5 Å². The van der Waals surface area contributed by atoms with E-state index in [1.807, 2.05) is 42.5 Å². The van der Waals surface area contributed by atoms with Crippen LogP contribution in [0.4, 0.5) is 0 Å². The third-order valence-corrected chi connectivity index (χ3v) is 5.63. The number of carbonyl (C=O) groups is 2. The van der Waals surface area contributed by atoms with Gasteiger partial charge >= 0.3 is 5.97 Å². The van der Waals surface area contributed by atoms with Gasteiger partial charge in [0.15, 0.2) is 0 Å². The molecule has 7 nitrogen and oxygen atoms in total. The number of hydrogen-bond acceptors (Lipinski definition) is 6. The molecule has 2 heterocycles. The number of aryl methyl sites for hydroxylation is 1. The van der Waals surface area contributed by atoms with Gasteiger partial charge in [-0.25, -0.2) is 4.79 Å². The monoisotopic (exact) mass is 446 g/mol. The van der Waals surface area contributed by atoms with Gasteiger partial charge in [0.05, 0.1) is 32.0 Å². The van der Waals surface area contributed by atoms with Gasteiger partial charge in [-0.3, -0.25) is 9.78 Å². The van der Waals surface area contributed by atoms with Crippen molar-refractivity contribution in [3.63, 3.8) is 0 Å². The molecule has 1 unspecified atom stereocenters. The molecule has 0 bridgehead atoms. The molecule has 2 aromatic carbocycles. The molecule has 0 fully saturated rings. The Morgan fingerprint density at radius 1 is 1.09 bits per heavy atom. The van der Waals surface area contributed by atoms with Crippen molar-refractivity contribution in [1.82, 2.24) is 10.3 Å². The van der Waals surface area contributed by atoms with Crippen LogP contribution in [0.25, 0.3) is 11.3 Å². The number of benzene rings is 2. The number of amides is 1. The van der Waals surface area contributed by atoms with Crippen LogP contribution in [0, 0.1) is 0 Å². The number of nitrogens with zero attached hydrogens (tertiary/aromatic N) is 1. The smallest absolute Gasteiger partial charge is 0.339 e. The molecule has 0 spiro atoms. The van der Waals surface area contributed by atoms with Gasteiger partial charge in [0.2, 0.25) is 5.91 Å². The number of para-hydroxylation sites is 2. The minimum atomic E-state index is -0.426. The van der Waals surface area contributed by atoms with Crippen molar-refractivity contribution in [1.29, 1.82) is 0 Å². The quantitative estimate of drug-likeness (QED) is 0.532. The van der Waals surface area contributed by atoms with Crippen LogP contribution < -0.4 is 14.8 Å². The normalized spacial score (nSPS) is 14.2. The Morgan fingerprint density at radius 2 is 1.94 bits per heavy atom. The highest BCUT2D eigenvalue weighted by molar-refractivity contribution is 5.89. The first kappa shape index (κ1) is 22.3. The molecule has 4 rings (SSSR count). The summed E-state index contributed by atoms with van der Waals surface area (Å²) in [5.74, 6) is 1.11. The fraction of sp³-hybridized carbons (Fsp3) is 0.269. The van der Waals surface area contributed by atoms with Gasteiger partial charge in [0.1, 0.15) is 17.6 Å². The van der Waals surface area contributed by atoms with E-state index in [9.17, 15) is 9.59 Å². The maximum Gasteiger partial charge on any atom is 0.339 e. The lowest BCUT2D eigenvalue weighted by molar-refractivity contribution is -0.121. The van der Waals surface area contributed by atoms with Crippen molar-refractivity contribution < 1.29 is 23.8 Å². The average Bonchev–Trinajstić information content (AvgIpc) is 3.29. The zero-order valence-corrected chi connectivity index (χ0v) is 18.7. The molecule has 1 amide bonds. The molecule has 170 valence electrons. The number of esters is 1. The highest BCUT2D eigenvalue weighted by atomic mass is 16.5. The Balaban J connectivity index is 1.35. The molecule has 3 aromatic rings. The SMILES string of the molecule is COC(=O)c1ccc(-c2cccc3c2OC(CNC(=O)CCc2ccccc2OC)C3)nc1. The number of nitrogens with one attached hydrogen (secondary N) is 1. The molecule has 0 aliphatic carbocycles. The van der Waals surface area contributed by atoms with Crippen molar-refractivity contribution in [3.05, 3.63) is 77.5 Å². The number of fused-ring (bicyclic) bond motifs is 1. The summed E-state index contributed by atoms with van der Waals surface area (Å²) < 4.78 is 16.2. The summed E-state index contributed by atoms with van der Waals surface area (Å²) in [7, 11) is 2.97. The second-order valence-corrected chi connectivity index (χ2v) is 7.78. The van der Waals surface area contributed by atoms with E-state index >= 15 is 0 Å². The summed E-state index contributed by atoms with van der Waals surface area (Å²) in [6.45, 7) is 0.424. The molecule has 0 radical (unpaired) electrons. The lowest BCUT2D eigenvalue weighted by Gasteiger charge is -2.14. The second kappa shape index (κ2) is 10.2. The zero-order valence-electron chi connectivity index (χ0n) is 18.7. The van der Waals surface area contributed by atoms with Crippen LogP contribution in [-0.2, 0) is 22.4 Å². The predicted molar refractivity (Wildman–Crippen MR) is 123 cm³/mol. The van der Waals surface area contributed by atoms with Crippen LogP contribution in [0.15, 0.2) is 60.8 Å². The van der Waals surface area contributed by atoms with Crippen LogP contribution in [0.1, 0.15) is 27.9 Å². The Kier molecular flexibility index (Phi) is 6.88. The summed E-state index contributed by atoms with van der Waals surface area (Å²) >= 11 is 0. The van der Waals surface area contributed by atoms with E-state index in [2.05, 4.69) is 10.3 Å². The molecular formula is C26H26N2O5. The van der Waals surface area contributed by atoms with Crippen LogP contribution in [-0.4, -0.2) is 43.7 Å². The maximum atomic E-state index is 12.4. The van der Waals surface area contributed by atoms with E-state index in [4.69, 9.17) is 14.2 Å². The first-order valence-corrected chi connectivity index (χ1v) is 10.8. The number of methoxy groups -OCH3 is 2. The van der Waals surface area contributed by atoms with Crippen molar-refractivity contribution in [2.45, 2.75) is 25.4 Å². The Hall–Kier alpha value is -3.87. The number of rotatable bonds is 8. The molecule has 0 saturated heterocycles. The van der Waals surface area contributed by atoms with E-state index in [0.717, 1.165) is 28.2 Å². The van der Waals surface area contributed by atoms with Gasteiger partial charge in [-0.05, 0) is 41.8 Å². The largest absolute Gasteiger partial charge is 0.496 e. The molecule has 1 N–H and O–H groups in total. The van der Waals surface area contributed by atoms with E-state index in [1.54, 1.807) is 19.2 Å². The summed E-state index contributed by atoms with van der Waals surface area (Å²) in [5.41, 5.74) is 4.04. The molecule has 1 atom stereocenters. The van der Waals surface area contributed by atoms with Gasteiger partial charge in [-0.2, -0.15) is 0 Å². The molecular weight excluding hydrogens is 420 g/mol. The van der Waals surface area contributed by atoms with Crippen molar-refractivity contribution >= 4 is 11.9 Å². The fourth-order valence-electron chi connectivity index (χ4n) is 3.92. The number of hydrogen-bond donors (Lipinski definition) is 1. The Morgan fingerprint density at radius 3 is 2.70 bits per heavy atom. The lowest BCUT2D eigenvalue weighted by Crippen LogP contribution is -2.34. The predicted octanol–water partition coefficient (Wildman–Crippen LogP) is 3.60. The van der Waals surface area contributed by atoms with Crippen LogP contribution >= 0.6 is 0 Å². The van der Waals surface area contributed by atoms with E-state index < -0.39 is 5.97 Å². The van der Waals surface area contributed by atoms with Gasteiger partial charge in [-0.15, -0.1) is 0 Å². The van der Waals surface area contributed by atoms with Crippen LogP contribution in [0.2, 0.25) is 0 Å². The van der Waals surface area contributed by atoms with Gasteiger partial charge in [-0.1, -0.05) is 30.3 Å². The molecule has 7 heteroatoms. The zero-order chi connectivity index (χ0) is 23.2. The Labute approximate surface area is 192 Å². The average molecular weight is 447 g/mol. The topological polar surface area (TPSA) is 86.8 Å². The molecule has 1 aliphatic rings. The van der Waals surface area contributed by atoms with Crippen molar-refractivity contribution in [2.24, 2.45) is 0 Å². The summed E-state index contributed by atoms with van der Waals surface area (Å²) in [6.07, 6.45) is 3.04. The summed E-state index contributed by atoms with van der Waals surface area (Å²) in [6, 6.07) is 17.1. The minimum Gasteiger partial charge on any atom is -0.496 e. The first-order chi connectivity index (χ1) is 16.1. The minimum absolute atomic E-state index is 0.0271. The number of carbonyl (C=O) groups excluding carboxylic acids is 2. The van der Waals surface area contributed by atoms with E-state index in [-0.39, 0.29) is 12.0 Å². The van der Waals surface area contributed by atoms with Gasteiger partial charge < -0.3 is 19.5 Å². The molecule has 33 heavy (non-hydrogen) atoms. The Bertz CT molecular complexity index is 1140. The first-order valence-electron chi connectivity index (χ1n) is 10.8. The van der Waals surface area contributed by atoms with Gasteiger partial charge in [0, 0.05) is 24.6 Å². The van der Waals surface area contributed by atoms with Crippen molar-refractivity contribution in [3.8, 4) is 22.8 Å². The number of pyridine rings is 1. The number of aromatic nitrogens is 1. The van der Waals surface area contributed by atoms with Crippen molar-refractivity contribution in [2.75, 3.05) is 20.8 Å². The fourth-order valence-corrected chi connectivity index (χ4v) is 3.92. The summed E-state index contributed by atoms with van der Waals surface area (Å²) in [4.78, 5) is 28.4. The lowest BCUT2D eigenvalue weighted by atomic mass is 10.0. The summed E-state index contributed by atoms with van der Waals surface area (Å²) in [5, 5.41) is 2.98. The molecule has 0 saturated carbocycles. The van der Waals surface area contributed by atoms with Crippen LogP contribution in [0.3, 0.4) is 0 Å². The third kappa shape index (κ3) is 5.14. The highest BCUT2D eigenvalue weighted by Crippen LogP contribution is 2.38.